The van der Waals surface area contributed by atoms with Crippen molar-refractivity contribution in [3.63, 3.8) is 0 Å². The molecule has 1 fully saturated rings. The number of hydrogen-bond donors (Lipinski definition) is 0. The summed E-state index contributed by atoms with van der Waals surface area (Å²) >= 11 is 8.82. The van der Waals surface area contributed by atoms with Gasteiger partial charge in [-0.25, -0.2) is 0 Å². The van der Waals surface area contributed by atoms with Crippen molar-refractivity contribution in [2.24, 2.45) is 0 Å². The Morgan fingerprint density at radius 2 is 1.90 bits per heavy atom. The van der Waals surface area contributed by atoms with Gasteiger partial charge in [-0.1, -0.05) is 49.2 Å². The van der Waals surface area contributed by atoms with Crippen molar-refractivity contribution < 1.29 is 4.92 Å². The van der Waals surface area contributed by atoms with Crippen LogP contribution in [0.4, 0.5) is 11.4 Å². The van der Waals surface area contributed by atoms with Gasteiger partial charge in [-0.3, -0.25) is 10.1 Å². The Bertz CT molecular complexity index is 497. The minimum atomic E-state index is -0.317. The van der Waals surface area contributed by atoms with Gasteiger partial charge >= 0.3 is 5.69 Å². The second kappa shape index (κ2) is 7.33. The molecule has 4 nitrogen and oxygen atoms in total. The standard InChI is InChI=1S/C13H17ClN2O2S2/c1-2-19-13-11(16(17)18)10(12(14)20-13)15-8-6-4-3-5-7-9-15/h2H,1,3-9H2. The average Bonchev–Trinajstić information content (AvgIpc) is 2.66. The minimum absolute atomic E-state index is 0.144. The number of thioether (sulfide) groups is 1. The lowest BCUT2D eigenvalue weighted by Gasteiger charge is -2.25. The maximum Gasteiger partial charge on any atom is 0.318 e. The van der Waals surface area contributed by atoms with Crippen LogP contribution >= 0.6 is 34.7 Å². The van der Waals surface area contributed by atoms with E-state index in [4.69, 9.17) is 11.6 Å². The van der Waals surface area contributed by atoms with Gasteiger partial charge in [-0.2, -0.15) is 0 Å². The lowest BCUT2D eigenvalue weighted by molar-refractivity contribution is -0.386. The van der Waals surface area contributed by atoms with Crippen LogP contribution in [0.25, 0.3) is 0 Å². The van der Waals surface area contributed by atoms with Gasteiger partial charge in [0.25, 0.3) is 0 Å². The molecule has 1 saturated heterocycles. The van der Waals surface area contributed by atoms with Crippen molar-refractivity contribution in [3.8, 4) is 0 Å². The van der Waals surface area contributed by atoms with Crippen LogP contribution in [0.15, 0.2) is 16.2 Å². The molecule has 20 heavy (non-hydrogen) atoms. The molecule has 1 aliphatic rings. The molecule has 0 bridgehead atoms. The first-order valence-corrected chi connectivity index (χ1v) is 8.71. The minimum Gasteiger partial charge on any atom is -0.364 e. The zero-order chi connectivity index (χ0) is 14.5. The number of hydrogen-bond acceptors (Lipinski definition) is 5. The number of rotatable bonds is 4. The van der Waals surface area contributed by atoms with Gasteiger partial charge in [0.1, 0.15) is 14.2 Å². The zero-order valence-electron chi connectivity index (χ0n) is 11.1. The summed E-state index contributed by atoms with van der Waals surface area (Å²) < 4.78 is 1.13. The first-order chi connectivity index (χ1) is 9.65. The average molecular weight is 333 g/mol. The van der Waals surface area contributed by atoms with Crippen LogP contribution in [-0.4, -0.2) is 18.0 Å². The van der Waals surface area contributed by atoms with Gasteiger partial charge in [0.2, 0.25) is 0 Å². The van der Waals surface area contributed by atoms with Gasteiger partial charge < -0.3 is 4.90 Å². The van der Waals surface area contributed by atoms with E-state index in [0.29, 0.717) is 14.2 Å². The summed E-state index contributed by atoms with van der Waals surface area (Å²) in [5.74, 6) is 0. The van der Waals surface area contributed by atoms with E-state index in [1.807, 2.05) is 0 Å². The molecular formula is C13H17ClN2O2S2. The van der Waals surface area contributed by atoms with Crippen molar-refractivity contribution in [3.05, 3.63) is 26.4 Å². The normalized spacial score (nSPS) is 16.6. The molecule has 7 heteroatoms. The van der Waals surface area contributed by atoms with E-state index in [9.17, 15) is 10.1 Å². The molecule has 0 amide bonds. The molecule has 0 atom stereocenters. The zero-order valence-corrected chi connectivity index (χ0v) is 13.5. The SMILES string of the molecule is C=CSc1sc(Cl)c(N2CCCCCCC2)c1[N+](=O)[O-]. The van der Waals surface area contributed by atoms with Crippen LogP contribution in [0.1, 0.15) is 32.1 Å². The third kappa shape index (κ3) is 3.48. The van der Waals surface area contributed by atoms with Crippen molar-refractivity contribution in [1.29, 1.82) is 0 Å². The molecular weight excluding hydrogens is 316 g/mol. The van der Waals surface area contributed by atoms with Gasteiger partial charge in [-0.15, -0.1) is 11.3 Å². The monoisotopic (exact) mass is 332 g/mol. The Morgan fingerprint density at radius 3 is 2.45 bits per heavy atom. The third-order valence-corrected chi connectivity index (χ3v) is 5.61. The van der Waals surface area contributed by atoms with E-state index in [0.717, 1.165) is 25.9 Å². The van der Waals surface area contributed by atoms with Crippen LogP contribution in [-0.2, 0) is 0 Å². The first kappa shape index (κ1) is 15.7. The smallest absolute Gasteiger partial charge is 0.318 e. The molecule has 2 heterocycles. The first-order valence-electron chi connectivity index (χ1n) is 6.64. The highest BCUT2D eigenvalue weighted by Gasteiger charge is 2.30. The molecule has 0 aromatic carbocycles. The van der Waals surface area contributed by atoms with E-state index >= 15 is 0 Å². The summed E-state index contributed by atoms with van der Waals surface area (Å²) in [5, 5.41) is 13.0. The highest BCUT2D eigenvalue weighted by atomic mass is 35.5. The Hall–Kier alpha value is -0.720. The molecule has 0 aliphatic carbocycles. The predicted octanol–water partition coefficient (Wildman–Crippen LogP) is 5.32. The van der Waals surface area contributed by atoms with Gasteiger partial charge in [0.05, 0.1) is 4.92 Å². The Labute approximate surface area is 131 Å². The number of halogens is 1. The Balaban J connectivity index is 2.37. The lowest BCUT2D eigenvalue weighted by atomic mass is 10.1. The third-order valence-electron chi connectivity index (χ3n) is 3.33. The summed E-state index contributed by atoms with van der Waals surface area (Å²) in [6, 6.07) is 0. The summed E-state index contributed by atoms with van der Waals surface area (Å²) in [4.78, 5) is 13.2. The van der Waals surface area contributed by atoms with E-state index < -0.39 is 0 Å². The van der Waals surface area contributed by atoms with E-state index in [2.05, 4.69) is 11.5 Å². The molecule has 1 aromatic rings. The fourth-order valence-corrected chi connectivity index (χ4v) is 4.84. The fourth-order valence-electron chi connectivity index (χ4n) is 2.43. The summed E-state index contributed by atoms with van der Waals surface area (Å²) in [5.41, 5.74) is 0.749. The fraction of sp³-hybridized carbons (Fsp3) is 0.538. The Morgan fingerprint density at radius 1 is 1.30 bits per heavy atom. The number of nitro groups is 1. The molecule has 110 valence electrons. The van der Waals surface area contributed by atoms with E-state index in [1.165, 1.54) is 42.4 Å². The summed E-state index contributed by atoms with van der Waals surface area (Å²) in [7, 11) is 0. The number of anilines is 1. The maximum absolute atomic E-state index is 11.4. The summed E-state index contributed by atoms with van der Waals surface area (Å²) in [6.45, 7) is 5.31. The molecule has 0 unspecified atom stereocenters. The highest BCUT2D eigenvalue weighted by molar-refractivity contribution is 8.04. The molecule has 0 spiro atoms. The molecule has 0 radical (unpaired) electrons. The quantitative estimate of drug-likeness (QED) is 0.425. The summed E-state index contributed by atoms with van der Waals surface area (Å²) in [6.07, 6.45) is 5.74. The maximum atomic E-state index is 11.4. The van der Waals surface area contributed by atoms with Crippen LogP contribution in [0.2, 0.25) is 4.34 Å². The molecule has 1 aromatic heterocycles. The van der Waals surface area contributed by atoms with E-state index in [1.54, 1.807) is 5.41 Å². The topological polar surface area (TPSA) is 46.4 Å². The van der Waals surface area contributed by atoms with E-state index in [-0.39, 0.29) is 10.6 Å². The van der Waals surface area contributed by atoms with Crippen LogP contribution in [0.3, 0.4) is 0 Å². The van der Waals surface area contributed by atoms with Crippen LogP contribution in [0.5, 0.6) is 0 Å². The number of nitrogens with zero attached hydrogens (tertiary/aromatic N) is 2. The molecule has 1 aliphatic heterocycles. The van der Waals surface area contributed by atoms with Gasteiger partial charge in [0.15, 0.2) is 0 Å². The van der Waals surface area contributed by atoms with Crippen molar-refractivity contribution in [2.45, 2.75) is 36.3 Å². The number of thiophene rings is 1. The molecule has 2 rings (SSSR count). The molecule has 0 saturated carbocycles. The predicted molar refractivity (Wildman–Crippen MR) is 87.3 cm³/mol. The van der Waals surface area contributed by atoms with Crippen molar-refractivity contribution in [1.82, 2.24) is 0 Å². The highest BCUT2D eigenvalue weighted by Crippen LogP contribution is 2.50. The molecule has 0 N–H and O–H groups in total. The largest absolute Gasteiger partial charge is 0.364 e. The van der Waals surface area contributed by atoms with Crippen molar-refractivity contribution in [2.75, 3.05) is 18.0 Å². The second-order valence-electron chi connectivity index (χ2n) is 4.66. The van der Waals surface area contributed by atoms with Gasteiger partial charge in [-0.05, 0) is 18.2 Å². The van der Waals surface area contributed by atoms with Gasteiger partial charge in [0, 0.05) is 13.1 Å². The van der Waals surface area contributed by atoms with Crippen LogP contribution in [0, 0.1) is 10.1 Å². The second-order valence-corrected chi connectivity index (χ2v) is 7.52. The van der Waals surface area contributed by atoms with Crippen molar-refractivity contribution >= 4 is 46.1 Å². The Kier molecular flexibility index (Phi) is 5.74. The lowest BCUT2D eigenvalue weighted by Crippen LogP contribution is -2.27. The van der Waals surface area contributed by atoms with Crippen LogP contribution < -0.4 is 4.90 Å².